The minimum Gasteiger partial charge on any atom is -0.265 e. The fourth-order valence-corrected chi connectivity index (χ4v) is 7.59. The third-order valence-electron chi connectivity index (χ3n) is 8.21. The minimum atomic E-state index is -4.72. The number of carbonyl (C=O) groups excluding carboxylic acids is 1. The van der Waals surface area contributed by atoms with Gasteiger partial charge in [0.1, 0.15) is 0 Å². The van der Waals surface area contributed by atoms with Gasteiger partial charge in [-0.05, 0) is 71.4 Å². The molecule has 1 aromatic carbocycles. The van der Waals surface area contributed by atoms with E-state index in [1.165, 1.54) is 11.1 Å². The summed E-state index contributed by atoms with van der Waals surface area (Å²) in [5.74, 6) is -0.284. The number of carbonyl (C=O) groups is 1. The number of thiophene rings is 2. The summed E-state index contributed by atoms with van der Waals surface area (Å²) in [7, 11) is 0. The van der Waals surface area contributed by atoms with Gasteiger partial charge in [-0.25, -0.2) is 14.5 Å². The van der Waals surface area contributed by atoms with E-state index >= 15 is 0 Å². The number of allylic oxidation sites excluding steroid dienone is 1. The van der Waals surface area contributed by atoms with Crippen LogP contribution in [0.2, 0.25) is 0 Å². The molecule has 0 saturated heterocycles. The first kappa shape index (κ1) is 28.7. The Labute approximate surface area is 260 Å². The molecule has 11 heteroatoms. The molecule has 2 atom stereocenters. The normalized spacial score (nSPS) is 19.6. The average molecular weight is 632 g/mol. The van der Waals surface area contributed by atoms with Crippen LogP contribution in [0.15, 0.2) is 82.1 Å². The van der Waals surface area contributed by atoms with Crippen molar-refractivity contribution < 1.29 is 18.0 Å². The van der Waals surface area contributed by atoms with Crippen molar-refractivity contribution >= 4 is 46.0 Å². The van der Waals surface area contributed by atoms with Gasteiger partial charge in [0.25, 0.3) is 5.91 Å². The molecule has 4 aromatic heterocycles. The van der Waals surface area contributed by atoms with Crippen LogP contribution in [0.3, 0.4) is 0 Å². The fraction of sp³-hybridized carbons (Fsp3) is 0.273. The molecule has 1 aliphatic heterocycles. The van der Waals surface area contributed by atoms with Crippen molar-refractivity contribution in [1.82, 2.24) is 19.6 Å². The van der Waals surface area contributed by atoms with E-state index in [1.807, 2.05) is 47.2 Å². The Hall–Kier alpha value is -4.09. The quantitative estimate of drug-likeness (QED) is 0.194. The molecular formula is C33H28F3N5OS2. The summed E-state index contributed by atoms with van der Waals surface area (Å²) in [4.78, 5) is 20.7. The smallest absolute Gasteiger partial charge is 0.265 e. The van der Waals surface area contributed by atoms with Crippen molar-refractivity contribution in [2.75, 3.05) is 0 Å². The Kier molecular flexibility index (Phi) is 7.25. The number of hydrazone groups is 1. The number of alkyl halides is 3. The largest absolute Gasteiger partial charge is 0.433 e. The van der Waals surface area contributed by atoms with Gasteiger partial charge >= 0.3 is 6.18 Å². The van der Waals surface area contributed by atoms with Crippen LogP contribution in [0, 0.1) is 5.92 Å². The number of aromatic nitrogens is 3. The lowest BCUT2D eigenvalue weighted by Gasteiger charge is -2.28. The van der Waals surface area contributed by atoms with Gasteiger partial charge in [0.15, 0.2) is 17.0 Å². The highest BCUT2D eigenvalue weighted by atomic mass is 32.1. The zero-order valence-corrected chi connectivity index (χ0v) is 25.6. The molecule has 0 bridgehead atoms. The molecule has 6 nitrogen and oxygen atoms in total. The summed E-state index contributed by atoms with van der Waals surface area (Å²) in [6.45, 7) is 4.10. The lowest BCUT2D eigenvalue weighted by molar-refractivity contribution is -0.142. The highest BCUT2D eigenvalue weighted by Gasteiger charge is 2.45. The monoisotopic (exact) mass is 631 g/mol. The van der Waals surface area contributed by atoms with Crippen molar-refractivity contribution in [3.05, 3.63) is 104 Å². The van der Waals surface area contributed by atoms with Gasteiger partial charge in [-0.15, -0.1) is 22.7 Å². The molecule has 0 radical (unpaired) electrons. The van der Waals surface area contributed by atoms with E-state index in [9.17, 15) is 18.0 Å². The zero-order chi connectivity index (χ0) is 30.6. The molecule has 5 aromatic rings. The SMILES string of the molecule is CC(C)c1ccc(-c2cc(C(F)(F)F)n3nc(C(=O)N4N=C5/C(=C\c6cccs6)CCCC5C4c4cccs4)cc3n2)cc1. The molecule has 0 N–H and O–H groups in total. The molecular weight excluding hydrogens is 604 g/mol. The van der Waals surface area contributed by atoms with Crippen molar-refractivity contribution in [2.45, 2.75) is 51.2 Å². The maximum Gasteiger partial charge on any atom is 0.433 e. The average Bonchev–Trinajstić information content (AvgIpc) is 3.82. The van der Waals surface area contributed by atoms with Gasteiger partial charge in [-0.1, -0.05) is 50.2 Å². The number of amides is 1. The van der Waals surface area contributed by atoms with Crippen molar-refractivity contribution in [2.24, 2.45) is 11.0 Å². The number of benzene rings is 1. The summed E-state index contributed by atoms with van der Waals surface area (Å²) in [5.41, 5.74) is 2.54. The second kappa shape index (κ2) is 11.1. The summed E-state index contributed by atoms with van der Waals surface area (Å²) in [6, 6.07) is 17.2. The van der Waals surface area contributed by atoms with Crippen LogP contribution in [0.5, 0.6) is 0 Å². The number of halogens is 3. The summed E-state index contributed by atoms with van der Waals surface area (Å²) in [5, 5.41) is 14.4. The van der Waals surface area contributed by atoms with E-state index in [1.54, 1.807) is 34.8 Å². The summed E-state index contributed by atoms with van der Waals surface area (Å²) >= 11 is 3.18. The second-order valence-electron chi connectivity index (χ2n) is 11.4. The van der Waals surface area contributed by atoms with Gasteiger partial charge in [-0.3, -0.25) is 4.79 Å². The van der Waals surface area contributed by atoms with Crippen LogP contribution in [-0.4, -0.2) is 31.2 Å². The Morgan fingerprint density at radius 3 is 2.50 bits per heavy atom. The Morgan fingerprint density at radius 2 is 1.82 bits per heavy atom. The number of nitrogens with zero attached hydrogens (tertiary/aromatic N) is 5. The summed E-state index contributed by atoms with van der Waals surface area (Å²) < 4.78 is 43.7. The van der Waals surface area contributed by atoms with Crippen LogP contribution < -0.4 is 0 Å². The minimum absolute atomic E-state index is 0.0149. The lowest BCUT2D eigenvalue weighted by Crippen LogP contribution is -2.31. The zero-order valence-electron chi connectivity index (χ0n) is 24.0. The van der Waals surface area contributed by atoms with E-state index in [0.29, 0.717) is 5.56 Å². The van der Waals surface area contributed by atoms with E-state index < -0.39 is 17.8 Å². The fourth-order valence-electron chi connectivity index (χ4n) is 6.04. The van der Waals surface area contributed by atoms with Crippen LogP contribution in [0.25, 0.3) is 23.0 Å². The van der Waals surface area contributed by atoms with E-state index in [4.69, 9.17) is 5.10 Å². The standard InChI is InChI=1S/C33H28F3N5OS2/c1-19(2)20-10-12-21(13-11-20)25-17-28(33(34,35)36)40-29(37-25)18-26(38-40)32(42)41-31(27-9-5-15-44-27)24-8-3-6-22(30(24)39-41)16-23-7-4-14-43-23/h4-5,7,9-19,24,31H,3,6,8H2,1-2H3/b22-16-. The predicted molar refractivity (Wildman–Crippen MR) is 168 cm³/mol. The first-order valence-electron chi connectivity index (χ1n) is 14.5. The predicted octanol–water partition coefficient (Wildman–Crippen LogP) is 9.10. The first-order valence-corrected chi connectivity index (χ1v) is 16.2. The molecule has 1 amide bonds. The topological polar surface area (TPSA) is 62.9 Å². The molecule has 2 unspecified atom stereocenters. The third kappa shape index (κ3) is 5.17. The van der Waals surface area contributed by atoms with Gasteiger partial charge in [-0.2, -0.15) is 23.4 Å². The number of rotatable bonds is 5. The first-order chi connectivity index (χ1) is 21.2. The van der Waals surface area contributed by atoms with Gasteiger partial charge in [0.2, 0.25) is 0 Å². The molecule has 0 spiro atoms. The molecule has 44 heavy (non-hydrogen) atoms. The Morgan fingerprint density at radius 1 is 1.05 bits per heavy atom. The van der Waals surface area contributed by atoms with Crippen LogP contribution in [0.4, 0.5) is 13.2 Å². The van der Waals surface area contributed by atoms with Crippen molar-refractivity contribution in [3.63, 3.8) is 0 Å². The van der Waals surface area contributed by atoms with E-state index in [2.05, 4.69) is 30.0 Å². The Balaban J connectivity index is 1.31. The summed E-state index contributed by atoms with van der Waals surface area (Å²) in [6.07, 6.45) is 0.0785. The molecule has 7 rings (SSSR count). The maximum absolute atomic E-state index is 14.3. The van der Waals surface area contributed by atoms with E-state index in [0.717, 1.165) is 56.4 Å². The highest BCUT2D eigenvalue weighted by molar-refractivity contribution is 7.11. The van der Waals surface area contributed by atoms with Crippen molar-refractivity contribution in [1.29, 1.82) is 0 Å². The van der Waals surface area contributed by atoms with Crippen LogP contribution >= 0.6 is 22.7 Å². The van der Waals surface area contributed by atoms with Gasteiger partial charge in [0, 0.05) is 27.3 Å². The molecule has 1 saturated carbocycles. The lowest BCUT2D eigenvalue weighted by atomic mass is 9.79. The molecule has 2 aliphatic rings. The number of fused-ring (bicyclic) bond motifs is 2. The Bertz CT molecular complexity index is 1890. The maximum atomic E-state index is 14.3. The molecule has 1 fully saturated rings. The highest BCUT2D eigenvalue weighted by Crippen LogP contribution is 2.46. The number of hydrogen-bond donors (Lipinski definition) is 0. The van der Waals surface area contributed by atoms with Crippen molar-refractivity contribution in [3.8, 4) is 11.3 Å². The van der Waals surface area contributed by atoms with Gasteiger partial charge in [0.05, 0.1) is 17.4 Å². The second-order valence-corrected chi connectivity index (χ2v) is 13.3. The third-order valence-corrected chi connectivity index (χ3v) is 9.98. The number of hydrogen-bond acceptors (Lipinski definition) is 6. The molecule has 1 aliphatic carbocycles. The van der Waals surface area contributed by atoms with Gasteiger partial charge < -0.3 is 0 Å². The van der Waals surface area contributed by atoms with Crippen LogP contribution in [-0.2, 0) is 6.18 Å². The van der Waals surface area contributed by atoms with Crippen LogP contribution in [0.1, 0.15) is 76.6 Å². The molecule has 224 valence electrons. The molecule has 5 heterocycles. The van der Waals surface area contributed by atoms with E-state index in [-0.39, 0.29) is 34.9 Å².